The minimum atomic E-state index is -4.08. The van der Waals surface area contributed by atoms with Gasteiger partial charge in [0.2, 0.25) is 0 Å². The Morgan fingerprint density at radius 3 is 2.27 bits per heavy atom. The molecule has 0 radical (unpaired) electrons. The molecule has 0 saturated carbocycles. The topological polar surface area (TPSA) is 111 Å². The van der Waals surface area contributed by atoms with Crippen molar-refractivity contribution >= 4 is 48.9 Å². The Morgan fingerprint density at radius 1 is 0.970 bits per heavy atom. The summed E-state index contributed by atoms with van der Waals surface area (Å²) in [4.78, 5) is 2.25. The van der Waals surface area contributed by atoms with Gasteiger partial charge < -0.3 is 8.92 Å². The van der Waals surface area contributed by atoms with Crippen molar-refractivity contribution in [1.82, 2.24) is 4.83 Å². The molecule has 3 rings (SSSR count). The Morgan fingerprint density at radius 2 is 1.64 bits per heavy atom. The summed E-state index contributed by atoms with van der Waals surface area (Å²) in [7, 11) is -7.90. The molecule has 0 saturated heterocycles. The monoisotopic (exact) mass is 600 g/mol. The molecule has 0 aliphatic carbocycles. The van der Waals surface area contributed by atoms with Gasteiger partial charge in [-0.15, -0.1) is 0 Å². The van der Waals surface area contributed by atoms with Gasteiger partial charge in [0.1, 0.15) is 4.90 Å². The van der Waals surface area contributed by atoms with E-state index in [0.29, 0.717) is 9.13 Å². The van der Waals surface area contributed by atoms with Crippen LogP contribution in [0, 0.1) is 10.5 Å². The van der Waals surface area contributed by atoms with Gasteiger partial charge in [0.05, 0.1) is 21.3 Å². The number of benzene rings is 3. The predicted molar refractivity (Wildman–Crippen MR) is 134 cm³/mol. The Balaban J connectivity index is 1.86. The van der Waals surface area contributed by atoms with Crippen molar-refractivity contribution in [2.45, 2.75) is 23.6 Å². The molecule has 1 N–H and O–H groups in total. The van der Waals surface area contributed by atoms with Gasteiger partial charge in [-0.2, -0.15) is 21.9 Å². The van der Waals surface area contributed by atoms with Gasteiger partial charge in [0.15, 0.2) is 11.5 Å². The van der Waals surface area contributed by atoms with E-state index in [1.165, 1.54) is 36.5 Å². The predicted octanol–water partition coefficient (Wildman–Crippen LogP) is 4.08. The van der Waals surface area contributed by atoms with Crippen LogP contribution in [-0.2, 0) is 20.1 Å². The molecule has 0 spiro atoms. The molecule has 0 atom stereocenters. The molecule has 174 valence electrons. The second-order valence-corrected chi connectivity index (χ2v) is 11.1. The van der Waals surface area contributed by atoms with Gasteiger partial charge in [0, 0.05) is 0 Å². The molecule has 0 aromatic heterocycles. The molecule has 3 aromatic carbocycles. The molecule has 0 bridgehead atoms. The number of rotatable bonds is 9. The fraction of sp³-hybridized carbons (Fsp3) is 0.136. The van der Waals surface area contributed by atoms with E-state index < -0.39 is 20.1 Å². The van der Waals surface area contributed by atoms with Crippen LogP contribution in [0.15, 0.2) is 81.6 Å². The van der Waals surface area contributed by atoms with Gasteiger partial charge in [-0.05, 0) is 78.4 Å². The maximum atomic E-state index is 12.7. The Labute approximate surface area is 207 Å². The van der Waals surface area contributed by atoms with Crippen LogP contribution in [0.25, 0.3) is 0 Å². The van der Waals surface area contributed by atoms with Crippen molar-refractivity contribution < 1.29 is 25.8 Å². The smallest absolute Gasteiger partial charge is 0.339 e. The Bertz CT molecular complexity index is 1360. The van der Waals surface area contributed by atoms with Crippen LogP contribution in [0.3, 0.4) is 0 Å². The molecule has 3 aromatic rings. The van der Waals surface area contributed by atoms with E-state index in [2.05, 4.69) is 9.93 Å². The van der Waals surface area contributed by atoms with Crippen molar-refractivity contribution in [1.29, 1.82) is 0 Å². The molecule has 0 fully saturated rings. The van der Waals surface area contributed by atoms with Crippen molar-refractivity contribution in [2.24, 2.45) is 5.10 Å². The van der Waals surface area contributed by atoms with Crippen molar-refractivity contribution in [3.05, 3.63) is 81.4 Å². The lowest BCUT2D eigenvalue weighted by Crippen LogP contribution is -2.18. The highest BCUT2D eigenvalue weighted by molar-refractivity contribution is 14.1. The molecule has 0 aliphatic rings. The van der Waals surface area contributed by atoms with E-state index in [4.69, 9.17) is 8.92 Å². The first-order valence-electron chi connectivity index (χ1n) is 9.70. The van der Waals surface area contributed by atoms with Gasteiger partial charge >= 0.3 is 10.1 Å². The second kappa shape index (κ2) is 10.5. The summed E-state index contributed by atoms with van der Waals surface area (Å²) in [5, 5.41) is 3.81. The summed E-state index contributed by atoms with van der Waals surface area (Å²) < 4.78 is 61.5. The first-order valence-corrected chi connectivity index (χ1v) is 13.7. The third kappa shape index (κ3) is 6.45. The fourth-order valence-corrected chi connectivity index (χ4v) is 5.35. The summed E-state index contributed by atoms with van der Waals surface area (Å²) in [6.45, 7) is 3.87. The number of nitrogens with zero attached hydrogens (tertiary/aromatic N) is 1. The van der Waals surface area contributed by atoms with Crippen LogP contribution in [0.1, 0.15) is 18.1 Å². The summed E-state index contributed by atoms with van der Waals surface area (Å²) >= 11 is 1.92. The van der Waals surface area contributed by atoms with Gasteiger partial charge in [-0.1, -0.05) is 35.9 Å². The van der Waals surface area contributed by atoms with Crippen LogP contribution >= 0.6 is 22.6 Å². The van der Waals surface area contributed by atoms with Gasteiger partial charge in [0.25, 0.3) is 10.0 Å². The summed E-state index contributed by atoms with van der Waals surface area (Å²) in [6.07, 6.45) is 1.30. The maximum absolute atomic E-state index is 12.7. The second-order valence-electron chi connectivity index (χ2n) is 6.78. The molecule has 33 heavy (non-hydrogen) atoms. The highest BCUT2D eigenvalue weighted by Crippen LogP contribution is 2.36. The number of sulfonamides is 1. The lowest BCUT2D eigenvalue weighted by molar-refractivity contribution is 0.327. The first-order chi connectivity index (χ1) is 15.6. The normalized spacial score (nSPS) is 12.0. The van der Waals surface area contributed by atoms with E-state index in [0.717, 1.165) is 5.56 Å². The molecule has 0 amide bonds. The lowest BCUT2D eigenvalue weighted by atomic mass is 10.2. The highest BCUT2D eigenvalue weighted by atomic mass is 127. The van der Waals surface area contributed by atoms with Gasteiger partial charge in [-0.3, -0.25) is 0 Å². The molecule has 0 aliphatic heterocycles. The Hall–Kier alpha value is -2.64. The van der Waals surface area contributed by atoms with Crippen LogP contribution in [0.4, 0.5) is 0 Å². The molecular weight excluding hydrogens is 579 g/mol. The minimum absolute atomic E-state index is 0.0207. The molecule has 0 unspecified atom stereocenters. The van der Waals surface area contributed by atoms with Crippen LogP contribution in [0.5, 0.6) is 11.5 Å². The third-order valence-electron chi connectivity index (χ3n) is 4.27. The standard InChI is InChI=1S/C22H21IN2O6S2/c1-3-30-21-14-17(15-24-25-32(26,27)18-7-5-4-6-8-18)13-20(23)22(21)31-33(28,29)19-11-9-16(2)10-12-19/h4-15,25H,3H2,1-2H3/b24-15-. The Kier molecular flexibility index (Phi) is 7.97. The van der Waals surface area contributed by atoms with Crippen LogP contribution in [0.2, 0.25) is 0 Å². The van der Waals surface area contributed by atoms with Crippen LogP contribution in [-0.4, -0.2) is 29.7 Å². The number of ether oxygens (including phenoxy) is 1. The fourth-order valence-electron chi connectivity index (χ4n) is 2.69. The van der Waals surface area contributed by atoms with Crippen molar-refractivity contribution in [2.75, 3.05) is 6.61 Å². The van der Waals surface area contributed by atoms with Crippen molar-refractivity contribution in [3.63, 3.8) is 0 Å². The number of nitrogens with one attached hydrogen (secondary N) is 1. The quantitative estimate of drug-likeness (QED) is 0.172. The SMILES string of the molecule is CCOc1cc(/C=N\NS(=O)(=O)c2ccccc2)cc(I)c1OS(=O)(=O)c1ccc(C)cc1. The number of aryl methyl sites for hydroxylation is 1. The van der Waals surface area contributed by atoms with E-state index in [-0.39, 0.29) is 27.9 Å². The molecule has 0 heterocycles. The van der Waals surface area contributed by atoms with Gasteiger partial charge in [-0.25, -0.2) is 4.83 Å². The zero-order valence-corrected chi connectivity index (χ0v) is 21.5. The van der Waals surface area contributed by atoms with Crippen molar-refractivity contribution in [3.8, 4) is 11.5 Å². The maximum Gasteiger partial charge on any atom is 0.339 e. The van der Waals surface area contributed by atoms with E-state index in [1.54, 1.807) is 43.3 Å². The number of hydrogen-bond acceptors (Lipinski definition) is 7. The zero-order chi connectivity index (χ0) is 24.1. The first kappa shape index (κ1) is 25.0. The number of hydrogen-bond donors (Lipinski definition) is 1. The summed E-state index contributed by atoms with van der Waals surface area (Å²) in [6, 6.07) is 17.3. The number of halogens is 1. The minimum Gasteiger partial charge on any atom is -0.490 e. The third-order valence-corrected chi connectivity index (χ3v) is 7.55. The largest absolute Gasteiger partial charge is 0.490 e. The molecule has 8 nitrogen and oxygen atoms in total. The van der Waals surface area contributed by atoms with Crippen LogP contribution < -0.4 is 13.8 Å². The highest BCUT2D eigenvalue weighted by Gasteiger charge is 2.22. The number of hydrazone groups is 1. The average molecular weight is 600 g/mol. The molecular formula is C22H21IN2O6S2. The summed E-state index contributed by atoms with van der Waals surface area (Å²) in [5.74, 6) is 0.229. The summed E-state index contributed by atoms with van der Waals surface area (Å²) in [5.41, 5.74) is 1.41. The molecule has 11 heteroatoms. The lowest BCUT2D eigenvalue weighted by Gasteiger charge is -2.14. The van der Waals surface area contributed by atoms with E-state index >= 15 is 0 Å². The van der Waals surface area contributed by atoms with E-state index in [9.17, 15) is 16.8 Å². The zero-order valence-electron chi connectivity index (χ0n) is 17.7. The van der Waals surface area contributed by atoms with E-state index in [1.807, 2.05) is 29.5 Å². The average Bonchev–Trinajstić information content (AvgIpc) is 2.77.